The van der Waals surface area contributed by atoms with Crippen LogP contribution in [0.25, 0.3) is 0 Å². The van der Waals surface area contributed by atoms with Crippen molar-refractivity contribution < 1.29 is 29.9 Å². The minimum absolute atomic E-state index is 0.319. The van der Waals surface area contributed by atoms with Crippen LogP contribution >= 0.6 is 0 Å². The monoisotopic (exact) mass is 309 g/mol. The largest absolute Gasteiger partial charge is 0.394 e. The van der Waals surface area contributed by atoms with E-state index in [1.807, 2.05) is 0 Å². The molecule has 1 rings (SSSR count). The third-order valence-corrected chi connectivity index (χ3v) is 3.63. The standard InChI is InChI=1S/C12H27N3O6/c1-5(17)11(6(14)2-3-13)21-12-10(19)8(15)9(18)7(4-16)20-12/h5-12,16-19H,2-4,13-15H2,1H3/t5-,6+,7+,8-,9+,10+,11+,12+/m0/s1. The first-order valence-corrected chi connectivity index (χ1v) is 7.00. The molecule has 9 heteroatoms. The van der Waals surface area contributed by atoms with E-state index in [1.54, 1.807) is 0 Å². The Morgan fingerprint density at radius 2 is 1.90 bits per heavy atom. The predicted octanol–water partition coefficient (Wildman–Crippen LogP) is -3.81. The number of ether oxygens (including phenoxy) is 2. The van der Waals surface area contributed by atoms with Crippen LogP contribution in [-0.2, 0) is 9.47 Å². The highest BCUT2D eigenvalue weighted by molar-refractivity contribution is 4.93. The lowest BCUT2D eigenvalue weighted by atomic mass is 9.97. The molecule has 0 amide bonds. The van der Waals surface area contributed by atoms with E-state index in [0.29, 0.717) is 13.0 Å². The molecule has 126 valence electrons. The van der Waals surface area contributed by atoms with Crippen LogP contribution in [0.1, 0.15) is 13.3 Å². The van der Waals surface area contributed by atoms with Crippen molar-refractivity contribution in [2.45, 2.75) is 62.2 Å². The number of hydrogen-bond acceptors (Lipinski definition) is 9. The molecule has 0 spiro atoms. The lowest BCUT2D eigenvalue weighted by molar-refractivity contribution is -0.297. The summed E-state index contributed by atoms with van der Waals surface area (Å²) < 4.78 is 10.8. The number of nitrogens with two attached hydrogens (primary N) is 3. The van der Waals surface area contributed by atoms with E-state index in [9.17, 15) is 15.3 Å². The highest BCUT2D eigenvalue weighted by Crippen LogP contribution is 2.23. The summed E-state index contributed by atoms with van der Waals surface area (Å²) in [7, 11) is 0. The van der Waals surface area contributed by atoms with Gasteiger partial charge in [-0.3, -0.25) is 0 Å². The van der Waals surface area contributed by atoms with Crippen molar-refractivity contribution in [1.29, 1.82) is 0 Å². The fraction of sp³-hybridized carbons (Fsp3) is 1.00. The summed E-state index contributed by atoms with van der Waals surface area (Å²) in [6, 6.07) is -1.59. The van der Waals surface area contributed by atoms with Gasteiger partial charge in [0, 0.05) is 6.04 Å². The van der Waals surface area contributed by atoms with Gasteiger partial charge in [-0.15, -0.1) is 0 Å². The second kappa shape index (κ2) is 8.32. The summed E-state index contributed by atoms with van der Waals surface area (Å²) in [6.07, 6.45) is -6.04. The molecule has 0 bridgehead atoms. The molecule has 21 heavy (non-hydrogen) atoms. The molecule has 1 heterocycles. The van der Waals surface area contributed by atoms with E-state index in [1.165, 1.54) is 6.92 Å². The van der Waals surface area contributed by atoms with Crippen LogP contribution in [0, 0.1) is 0 Å². The van der Waals surface area contributed by atoms with E-state index in [0.717, 1.165) is 0 Å². The predicted molar refractivity (Wildman–Crippen MR) is 73.9 cm³/mol. The van der Waals surface area contributed by atoms with Crippen LogP contribution in [0.15, 0.2) is 0 Å². The maximum Gasteiger partial charge on any atom is 0.186 e. The van der Waals surface area contributed by atoms with Crippen LogP contribution in [0.4, 0.5) is 0 Å². The summed E-state index contributed by atoms with van der Waals surface area (Å²) in [5, 5.41) is 38.7. The molecule has 1 saturated heterocycles. The van der Waals surface area contributed by atoms with E-state index in [4.69, 9.17) is 31.8 Å². The Morgan fingerprint density at radius 3 is 2.38 bits per heavy atom. The number of aliphatic hydroxyl groups is 4. The normalized spacial score (nSPS) is 38.0. The molecule has 0 aromatic rings. The van der Waals surface area contributed by atoms with Crippen LogP contribution in [-0.4, -0.2) is 82.5 Å². The number of aliphatic hydroxyl groups excluding tert-OH is 4. The minimum atomic E-state index is -1.31. The maximum atomic E-state index is 10.00. The fourth-order valence-corrected chi connectivity index (χ4v) is 2.31. The van der Waals surface area contributed by atoms with Crippen molar-refractivity contribution in [2.75, 3.05) is 13.2 Å². The molecule has 0 aromatic carbocycles. The molecule has 9 nitrogen and oxygen atoms in total. The molecule has 0 aromatic heterocycles. The van der Waals surface area contributed by atoms with E-state index >= 15 is 0 Å². The van der Waals surface area contributed by atoms with Gasteiger partial charge in [0.05, 0.1) is 18.8 Å². The van der Waals surface area contributed by atoms with Gasteiger partial charge in [0.15, 0.2) is 6.29 Å². The number of hydrogen-bond donors (Lipinski definition) is 7. The van der Waals surface area contributed by atoms with Crippen LogP contribution in [0.3, 0.4) is 0 Å². The first-order valence-electron chi connectivity index (χ1n) is 7.00. The lowest BCUT2D eigenvalue weighted by Crippen LogP contribution is -2.64. The molecule has 1 fully saturated rings. The highest BCUT2D eigenvalue weighted by Gasteiger charge is 2.44. The molecular weight excluding hydrogens is 282 g/mol. The quantitative estimate of drug-likeness (QED) is 0.248. The summed E-state index contributed by atoms with van der Waals surface area (Å²) in [6.45, 7) is 1.34. The molecular formula is C12H27N3O6. The van der Waals surface area contributed by atoms with Gasteiger partial charge in [-0.25, -0.2) is 0 Å². The zero-order valence-electron chi connectivity index (χ0n) is 12.1. The Kier molecular flexibility index (Phi) is 7.40. The highest BCUT2D eigenvalue weighted by atomic mass is 16.7. The number of rotatable bonds is 7. The fourth-order valence-electron chi connectivity index (χ4n) is 2.31. The Bertz CT molecular complexity index is 307. The lowest BCUT2D eigenvalue weighted by Gasteiger charge is -2.42. The Balaban J connectivity index is 2.77. The van der Waals surface area contributed by atoms with E-state index in [2.05, 4.69) is 0 Å². The zero-order valence-corrected chi connectivity index (χ0v) is 12.1. The second-order valence-corrected chi connectivity index (χ2v) is 5.37. The van der Waals surface area contributed by atoms with Gasteiger partial charge >= 0.3 is 0 Å². The van der Waals surface area contributed by atoms with Gasteiger partial charge in [0.2, 0.25) is 0 Å². The summed E-state index contributed by atoms with van der Waals surface area (Å²) in [4.78, 5) is 0. The molecule has 8 atom stereocenters. The van der Waals surface area contributed by atoms with E-state index < -0.39 is 55.5 Å². The third-order valence-electron chi connectivity index (χ3n) is 3.63. The van der Waals surface area contributed by atoms with Crippen molar-refractivity contribution in [1.82, 2.24) is 0 Å². The molecule has 1 aliphatic heterocycles. The van der Waals surface area contributed by atoms with Crippen LogP contribution < -0.4 is 17.2 Å². The second-order valence-electron chi connectivity index (χ2n) is 5.37. The van der Waals surface area contributed by atoms with Gasteiger partial charge < -0.3 is 47.1 Å². The summed E-state index contributed by atoms with van der Waals surface area (Å²) in [5.74, 6) is 0. The summed E-state index contributed by atoms with van der Waals surface area (Å²) in [5.41, 5.74) is 17.0. The van der Waals surface area contributed by atoms with Crippen LogP contribution in [0.5, 0.6) is 0 Å². The first-order chi connectivity index (χ1) is 9.83. The van der Waals surface area contributed by atoms with Crippen molar-refractivity contribution >= 4 is 0 Å². The van der Waals surface area contributed by atoms with E-state index in [-0.39, 0.29) is 0 Å². The van der Waals surface area contributed by atoms with Gasteiger partial charge in [0.25, 0.3) is 0 Å². The zero-order chi connectivity index (χ0) is 16.2. The molecule has 10 N–H and O–H groups in total. The Hall–Kier alpha value is -0.360. The average Bonchev–Trinajstić information content (AvgIpc) is 2.44. The SMILES string of the molecule is C[C@H](O)[C@@H](O[C@H]1O[C@H](CO)[C@@H](O)[C@H](N)[C@H]1O)[C@H](N)CCN. The first kappa shape index (κ1) is 18.7. The molecule has 0 radical (unpaired) electrons. The van der Waals surface area contributed by atoms with Gasteiger partial charge in [-0.05, 0) is 19.9 Å². The molecule has 0 aliphatic carbocycles. The Morgan fingerprint density at radius 1 is 1.29 bits per heavy atom. The maximum absolute atomic E-state index is 10.00. The van der Waals surface area contributed by atoms with Crippen molar-refractivity contribution in [3.05, 3.63) is 0 Å². The van der Waals surface area contributed by atoms with Crippen LogP contribution in [0.2, 0.25) is 0 Å². The van der Waals surface area contributed by atoms with Crippen molar-refractivity contribution in [3.8, 4) is 0 Å². The summed E-state index contributed by atoms with van der Waals surface area (Å²) >= 11 is 0. The third kappa shape index (κ3) is 4.55. The van der Waals surface area contributed by atoms with Crippen molar-refractivity contribution in [2.24, 2.45) is 17.2 Å². The molecule has 0 unspecified atom stereocenters. The molecule has 0 saturated carbocycles. The van der Waals surface area contributed by atoms with Gasteiger partial charge in [0.1, 0.15) is 24.4 Å². The Labute approximate surface area is 123 Å². The average molecular weight is 309 g/mol. The van der Waals surface area contributed by atoms with Crippen molar-refractivity contribution in [3.63, 3.8) is 0 Å². The smallest absolute Gasteiger partial charge is 0.186 e. The molecule has 1 aliphatic rings. The van der Waals surface area contributed by atoms with Gasteiger partial charge in [-0.2, -0.15) is 0 Å². The topological polar surface area (TPSA) is 177 Å². The van der Waals surface area contributed by atoms with Gasteiger partial charge in [-0.1, -0.05) is 0 Å². The minimum Gasteiger partial charge on any atom is -0.394 e.